The molecule has 2 aromatic heterocycles. The number of nitrogens with two attached hydrogens (primary N) is 1. The smallest absolute Gasteiger partial charge is 0.410 e. The zero-order valence-corrected chi connectivity index (χ0v) is 27.7. The Hall–Kier alpha value is -4.86. The fraction of sp³-hybridized carbons (Fsp3) is 0.529. The molecule has 1 atom stereocenters. The lowest BCUT2D eigenvalue weighted by molar-refractivity contribution is -0.775. The standard InChI is InChI=1S/C34H43N7O6/c1-21(2)45-29-16-26-25(15-27(29)31(36)43)28(18-37-32(26)46-24-7-6-12-40(20-24)30(42)8-11-35)22-17-38-41(19-22)23-9-13-39(14-10-23)33(44)47-34(3,4)5/h15-19,21,23-24H,6-10,12-14,20H2,1-5H3,(H2,36,43)/p+1/t24-/m1/s1. The number of aromatic nitrogens is 3. The number of pyridine rings is 1. The van der Waals surface area contributed by atoms with Crippen molar-refractivity contribution in [3.8, 4) is 28.8 Å². The minimum atomic E-state index is -0.618. The number of fused-ring (bicyclic) bond motifs is 1. The second-order valence-corrected chi connectivity index (χ2v) is 13.4. The lowest BCUT2D eigenvalue weighted by atomic mass is 9.99. The molecule has 3 amide bonds. The van der Waals surface area contributed by atoms with Gasteiger partial charge in [-0.3, -0.25) is 9.59 Å². The van der Waals surface area contributed by atoms with Crippen LogP contribution in [0.15, 0.2) is 30.7 Å². The zero-order chi connectivity index (χ0) is 33.9. The van der Waals surface area contributed by atoms with Gasteiger partial charge in [-0.15, -0.1) is 4.68 Å². The number of likely N-dealkylation sites (tertiary alicyclic amines) is 2. The highest BCUT2D eigenvalue weighted by Gasteiger charge is 2.32. The molecule has 0 radical (unpaired) electrons. The summed E-state index contributed by atoms with van der Waals surface area (Å²) in [6.45, 7) is 11.4. The van der Waals surface area contributed by atoms with E-state index >= 15 is 0 Å². The van der Waals surface area contributed by atoms with Crippen LogP contribution in [-0.4, -0.2) is 81.8 Å². The summed E-state index contributed by atoms with van der Waals surface area (Å²) in [6.07, 6.45) is 7.58. The van der Waals surface area contributed by atoms with Gasteiger partial charge in [0.2, 0.25) is 18.0 Å². The molecule has 0 saturated carbocycles. The molecule has 2 fully saturated rings. The highest BCUT2D eigenvalue weighted by molar-refractivity contribution is 6.06. The van der Waals surface area contributed by atoms with Gasteiger partial charge in [0.1, 0.15) is 23.9 Å². The Morgan fingerprint density at radius 3 is 2.53 bits per heavy atom. The van der Waals surface area contributed by atoms with Crippen molar-refractivity contribution in [2.24, 2.45) is 5.73 Å². The van der Waals surface area contributed by atoms with Gasteiger partial charge in [-0.1, -0.05) is 0 Å². The van der Waals surface area contributed by atoms with Gasteiger partial charge in [-0.05, 0) is 65.0 Å². The molecule has 4 heterocycles. The Balaban J connectivity index is 1.45. The van der Waals surface area contributed by atoms with Crippen molar-refractivity contribution in [2.45, 2.75) is 90.6 Å². The molecule has 3 N–H and O–H groups in total. The first-order chi connectivity index (χ1) is 22.3. The number of piperidine rings is 2. The predicted molar refractivity (Wildman–Crippen MR) is 173 cm³/mol. The maximum absolute atomic E-state index is 12.6. The molecule has 0 unspecified atom stereocenters. The average Bonchev–Trinajstić information content (AvgIpc) is 3.50. The summed E-state index contributed by atoms with van der Waals surface area (Å²) in [7, 11) is 0. The largest absolute Gasteiger partial charge is 0.490 e. The Bertz CT molecular complexity index is 1680. The maximum Gasteiger partial charge on any atom is 0.410 e. The number of hydrogen-bond acceptors (Lipinski definition) is 8. The van der Waals surface area contributed by atoms with Crippen LogP contribution in [0.25, 0.3) is 21.9 Å². The van der Waals surface area contributed by atoms with E-state index in [0.717, 1.165) is 36.8 Å². The number of amides is 3. The van der Waals surface area contributed by atoms with E-state index in [0.29, 0.717) is 48.6 Å². The Kier molecular flexibility index (Phi) is 9.88. The molecule has 5 rings (SSSR count). The van der Waals surface area contributed by atoms with Crippen molar-refractivity contribution < 1.29 is 33.3 Å². The number of hydrogen-bond donors (Lipinski definition) is 2. The van der Waals surface area contributed by atoms with Crippen LogP contribution in [0.4, 0.5) is 4.79 Å². The molecule has 0 bridgehead atoms. The first-order valence-electron chi connectivity index (χ1n) is 16.2. The van der Waals surface area contributed by atoms with E-state index in [1.807, 2.05) is 57.8 Å². The number of aromatic amines is 1. The monoisotopic (exact) mass is 646 g/mol. The average molecular weight is 647 g/mol. The molecule has 2 aliphatic rings. The number of carbonyl (C=O) groups is 3. The predicted octanol–water partition coefficient (Wildman–Crippen LogP) is 4.26. The Morgan fingerprint density at radius 2 is 1.87 bits per heavy atom. The zero-order valence-electron chi connectivity index (χ0n) is 27.7. The van der Waals surface area contributed by atoms with Gasteiger partial charge in [0.15, 0.2) is 6.04 Å². The third-order valence-corrected chi connectivity index (χ3v) is 8.29. The summed E-state index contributed by atoms with van der Waals surface area (Å²) in [5, 5.41) is 13.7. The summed E-state index contributed by atoms with van der Waals surface area (Å²) in [5.74, 6) is -0.151. The van der Waals surface area contributed by atoms with Gasteiger partial charge in [-0.25, -0.2) is 9.78 Å². The second kappa shape index (κ2) is 13.9. The molecular weight excluding hydrogens is 602 g/mol. The van der Waals surface area contributed by atoms with Crippen LogP contribution in [0.2, 0.25) is 0 Å². The fourth-order valence-corrected chi connectivity index (χ4v) is 6.09. The number of nitriles is 1. The summed E-state index contributed by atoms with van der Waals surface area (Å²) in [4.78, 5) is 45.7. The number of rotatable bonds is 8. The van der Waals surface area contributed by atoms with Crippen LogP contribution in [0.5, 0.6) is 11.6 Å². The quantitative estimate of drug-likeness (QED) is 0.342. The van der Waals surface area contributed by atoms with E-state index in [4.69, 9.17) is 30.2 Å². The highest BCUT2D eigenvalue weighted by Crippen LogP contribution is 2.38. The molecule has 13 heteroatoms. The minimum Gasteiger partial charge on any atom is -0.490 e. The third kappa shape index (κ3) is 7.93. The van der Waals surface area contributed by atoms with Crippen molar-refractivity contribution in [3.05, 3.63) is 36.3 Å². The van der Waals surface area contributed by atoms with Crippen LogP contribution >= 0.6 is 0 Å². The molecular formula is C34H44N7O6+. The van der Waals surface area contributed by atoms with Crippen molar-refractivity contribution in [1.29, 1.82) is 5.26 Å². The van der Waals surface area contributed by atoms with E-state index in [9.17, 15) is 14.4 Å². The topological polar surface area (TPSA) is 168 Å². The number of H-pyrrole nitrogens is 1. The summed E-state index contributed by atoms with van der Waals surface area (Å²) in [6, 6.07) is 5.54. The van der Waals surface area contributed by atoms with Gasteiger partial charge < -0.3 is 29.7 Å². The first-order valence-corrected chi connectivity index (χ1v) is 16.2. The molecule has 47 heavy (non-hydrogen) atoms. The van der Waals surface area contributed by atoms with Crippen molar-refractivity contribution in [3.63, 3.8) is 0 Å². The van der Waals surface area contributed by atoms with E-state index < -0.39 is 11.5 Å². The number of ether oxygens (including phenoxy) is 3. The van der Waals surface area contributed by atoms with Crippen molar-refractivity contribution in [2.75, 3.05) is 26.2 Å². The lowest BCUT2D eigenvalue weighted by Crippen LogP contribution is -2.49. The number of carbonyl (C=O) groups excluding carboxylic acids is 3. The minimum absolute atomic E-state index is 0.148. The summed E-state index contributed by atoms with van der Waals surface area (Å²) < 4.78 is 20.0. The van der Waals surface area contributed by atoms with Gasteiger partial charge in [-0.2, -0.15) is 10.4 Å². The summed E-state index contributed by atoms with van der Waals surface area (Å²) in [5.41, 5.74) is 7.14. The van der Waals surface area contributed by atoms with Crippen LogP contribution in [-0.2, 0) is 9.53 Å². The van der Waals surface area contributed by atoms with Gasteiger partial charge in [0.05, 0.1) is 36.0 Å². The number of nitrogens with one attached hydrogen (secondary N) is 1. The van der Waals surface area contributed by atoms with Crippen LogP contribution in [0, 0.1) is 11.3 Å². The highest BCUT2D eigenvalue weighted by atomic mass is 16.6. The Labute approximate surface area is 274 Å². The van der Waals surface area contributed by atoms with Crippen molar-refractivity contribution in [1.82, 2.24) is 19.9 Å². The molecule has 2 saturated heterocycles. The molecule has 13 nitrogen and oxygen atoms in total. The van der Waals surface area contributed by atoms with E-state index in [2.05, 4.69) is 5.10 Å². The molecule has 3 aromatic rings. The second-order valence-electron chi connectivity index (χ2n) is 13.4. The number of benzene rings is 1. The number of primary amides is 1. The molecule has 2 aliphatic heterocycles. The molecule has 0 spiro atoms. The lowest BCUT2D eigenvalue weighted by Gasteiger charge is -2.32. The van der Waals surface area contributed by atoms with Gasteiger partial charge in [0, 0.05) is 49.6 Å². The summed E-state index contributed by atoms with van der Waals surface area (Å²) >= 11 is 0. The van der Waals surface area contributed by atoms with Crippen LogP contribution < -0.4 is 19.9 Å². The molecule has 1 aromatic carbocycles. The van der Waals surface area contributed by atoms with E-state index in [1.165, 1.54) is 0 Å². The number of nitrogens with zero attached hydrogens (tertiary/aromatic N) is 5. The first kappa shape index (κ1) is 33.5. The third-order valence-electron chi connectivity index (χ3n) is 8.29. The van der Waals surface area contributed by atoms with Gasteiger partial charge in [0.25, 0.3) is 5.91 Å². The van der Waals surface area contributed by atoms with Crippen LogP contribution in [0.3, 0.4) is 0 Å². The Morgan fingerprint density at radius 1 is 1.13 bits per heavy atom. The molecule has 250 valence electrons. The van der Waals surface area contributed by atoms with Crippen molar-refractivity contribution >= 4 is 28.7 Å². The van der Waals surface area contributed by atoms with E-state index in [-0.39, 0.29) is 42.2 Å². The normalized spacial score (nSPS) is 17.4. The van der Waals surface area contributed by atoms with E-state index in [1.54, 1.807) is 28.1 Å². The maximum atomic E-state index is 12.6. The van der Waals surface area contributed by atoms with Gasteiger partial charge >= 0.3 is 6.09 Å². The SMILES string of the molecule is CC(C)Oc1cc2c(O[C@@H]3CCCN(C(=O)CC#N)C3)ncc(-c3c[nH][n+](C4CCN(C(=O)OC(C)(C)C)CC4)c3)c2cc1C(N)=O. The fourth-order valence-electron chi connectivity index (χ4n) is 6.09. The molecule has 0 aliphatic carbocycles. The van der Waals surface area contributed by atoms with Crippen LogP contribution in [0.1, 0.15) is 83.1 Å².